The quantitative estimate of drug-likeness (QED) is 0.168. The smallest absolute Gasteiger partial charge is 0.0746 e. The molecule has 250 valence electrons. The van der Waals surface area contributed by atoms with E-state index in [4.69, 9.17) is 0 Å². The minimum Gasteiger partial charge on any atom is -0.309 e. The topological polar surface area (TPSA) is 3.24 Å². The predicted molar refractivity (Wildman–Crippen MR) is 227 cm³/mol. The molecule has 0 aromatic heterocycles. The molecule has 2 aliphatic carbocycles. The van der Waals surface area contributed by atoms with E-state index in [2.05, 4.69) is 205 Å². The van der Waals surface area contributed by atoms with E-state index < -0.39 is 5.41 Å². The van der Waals surface area contributed by atoms with Crippen molar-refractivity contribution in [3.8, 4) is 22.3 Å². The zero-order valence-corrected chi connectivity index (χ0v) is 29.5. The maximum absolute atomic E-state index is 2.56. The van der Waals surface area contributed by atoms with E-state index in [1.165, 1.54) is 93.3 Å². The van der Waals surface area contributed by atoms with Crippen LogP contribution in [0.15, 0.2) is 200 Å². The van der Waals surface area contributed by atoms with Crippen molar-refractivity contribution >= 4 is 60.2 Å². The van der Waals surface area contributed by atoms with Crippen molar-refractivity contribution in [1.82, 2.24) is 0 Å². The summed E-state index contributed by atoms with van der Waals surface area (Å²) < 4.78 is 0. The maximum atomic E-state index is 2.56. The van der Waals surface area contributed by atoms with Crippen LogP contribution in [0.2, 0.25) is 0 Å². The normalized spacial score (nSPS) is 13.3. The van der Waals surface area contributed by atoms with Crippen LogP contribution in [-0.2, 0) is 5.41 Å². The van der Waals surface area contributed by atoms with Gasteiger partial charge in [-0.05, 0) is 101 Å². The Hall–Kier alpha value is -6.96. The lowest BCUT2D eigenvalue weighted by atomic mass is 9.70. The molecule has 1 nitrogen and oxygen atoms in total. The van der Waals surface area contributed by atoms with Gasteiger partial charge in [-0.15, -0.1) is 0 Å². The van der Waals surface area contributed by atoms with Crippen molar-refractivity contribution in [3.05, 3.63) is 222 Å². The summed E-state index contributed by atoms with van der Waals surface area (Å²) in [6.45, 7) is 0. The van der Waals surface area contributed by atoms with Crippen LogP contribution in [0.25, 0.3) is 65.3 Å². The number of benzene rings is 10. The molecule has 0 radical (unpaired) electrons. The molecule has 10 aromatic rings. The lowest BCUT2D eigenvalue weighted by molar-refractivity contribution is 0.793. The number of nitrogens with zero attached hydrogens (tertiary/aromatic N) is 1. The fraction of sp³-hybridized carbons (Fsp3) is 0.0189. The molecule has 0 fully saturated rings. The highest BCUT2D eigenvalue weighted by Gasteiger charge is 2.53. The summed E-state index contributed by atoms with van der Waals surface area (Å²) in [5.74, 6) is 0. The van der Waals surface area contributed by atoms with Crippen molar-refractivity contribution in [1.29, 1.82) is 0 Å². The third-order valence-electron chi connectivity index (χ3n) is 12.2. The molecule has 0 saturated carbocycles. The van der Waals surface area contributed by atoms with Gasteiger partial charge in [0.2, 0.25) is 0 Å². The zero-order valence-electron chi connectivity index (χ0n) is 29.5. The minimum absolute atomic E-state index is 0.488. The summed E-state index contributed by atoms with van der Waals surface area (Å²) in [5, 5.41) is 10.1. The van der Waals surface area contributed by atoms with E-state index in [0.717, 1.165) is 11.4 Å². The van der Waals surface area contributed by atoms with Crippen LogP contribution in [0.5, 0.6) is 0 Å². The van der Waals surface area contributed by atoms with E-state index in [1.807, 2.05) is 0 Å². The average Bonchev–Trinajstić information content (AvgIpc) is 3.72. The van der Waals surface area contributed by atoms with Gasteiger partial charge in [0.1, 0.15) is 0 Å². The van der Waals surface area contributed by atoms with Crippen LogP contribution in [0.3, 0.4) is 0 Å². The van der Waals surface area contributed by atoms with Crippen molar-refractivity contribution in [3.63, 3.8) is 0 Å². The molecule has 0 N–H and O–H groups in total. The summed E-state index contributed by atoms with van der Waals surface area (Å²) in [6, 6.07) is 74.7. The Morgan fingerprint density at radius 1 is 0.296 bits per heavy atom. The molecule has 2 aliphatic rings. The fourth-order valence-corrected chi connectivity index (χ4v) is 10.2. The Morgan fingerprint density at radius 2 is 0.722 bits per heavy atom. The van der Waals surface area contributed by atoms with Crippen molar-refractivity contribution in [2.24, 2.45) is 0 Å². The number of hydrogen-bond donors (Lipinski definition) is 0. The molecule has 1 spiro atoms. The molecule has 0 bridgehead atoms. The van der Waals surface area contributed by atoms with E-state index in [0.29, 0.717) is 0 Å². The third-order valence-corrected chi connectivity index (χ3v) is 12.2. The van der Waals surface area contributed by atoms with Gasteiger partial charge in [0.15, 0.2) is 0 Å². The van der Waals surface area contributed by atoms with Gasteiger partial charge in [0.25, 0.3) is 0 Å². The highest BCUT2D eigenvalue weighted by Crippen LogP contribution is 2.65. The van der Waals surface area contributed by atoms with Crippen molar-refractivity contribution in [2.75, 3.05) is 4.90 Å². The molecule has 0 amide bonds. The van der Waals surface area contributed by atoms with E-state index in [9.17, 15) is 0 Å². The summed E-state index contributed by atoms with van der Waals surface area (Å²) in [7, 11) is 0. The Labute approximate surface area is 314 Å². The molecule has 0 atom stereocenters. The second-order valence-electron chi connectivity index (χ2n) is 14.7. The highest BCUT2D eigenvalue weighted by molar-refractivity contribution is 6.26. The molecule has 10 aromatic carbocycles. The molecule has 12 rings (SSSR count). The summed E-state index contributed by atoms with van der Waals surface area (Å²) in [5.41, 5.74) is 13.6. The molecular weight excluding hydrogens is 651 g/mol. The lowest BCUT2D eigenvalue weighted by Gasteiger charge is -2.36. The van der Waals surface area contributed by atoms with E-state index in [-0.39, 0.29) is 0 Å². The Kier molecular flexibility index (Phi) is 6.04. The predicted octanol–water partition coefficient (Wildman–Crippen LogP) is 14.1. The van der Waals surface area contributed by atoms with Crippen LogP contribution in [0.1, 0.15) is 22.3 Å². The molecule has 1 heteroatoms. The Morgan fingerprint density at radius 3 is 1.35 bits per heavy atom. The SMILES string of the molecule is c1ccc2c(c1)-c1ccccc1C21c2ccccc2-c2cccc(N(c3ccc4c5ccccc5c5ccccc5c4c3)c3cccc4ccccc34)c21. The first-order chi connectivity index (χ1) is 26.8. The standard InChI is InChI=1S/C53H33N/c1-2-17-36-34(15-1)16-13-29-50(36)54(35-31-32-41-39-20-4-3-18-37(39)38-19-5-6-21-40(38)46(41)33-35)51-30-14-25-45-44-24-9-12-28-49(44)53(52(45)51)47-26-10-7-22-42(47)43-23-8-11-27-48(43)53/h1-33H. The molecule has 54 heavy (non-hydrogen) atoms. The van der Waals surface area contributed by atoms with Crippen LogP contribution in [-0.4, -0.2) is 0 Å². The van der Waals surface area contributed by atoms with Gasteiger partial charge in [-0.1, -0.05) is 176 Å². The van der Waals surface area contributed by atoms with Crippen molar-refractivity contribution in [2.45, 2.75) is 5.41 Å². The molecule has 0 heterocycles. The fourth-order valence-electron chi connectivity index (χ4n) is 10.2. The van der Waals surface area contributed by atoms with Crippen LogP contribution >= 0.6 is 0 Å². The van der Waals surface area contributed by atoms with E-state index in [1.54, 1.807) is 0 Å². The first-order valence-electron chi connectivity index (χ1n) is 18.9. The number of hydrogen-bond acceptors (Lipinski definition) is 1. The van der Waals surface area contributed by atoms with Crippen LogP contribution in [0.4, 0.5) is 17.1 Å². The second kappa shape index (κ2) is 11.0. The van der Waals surface area contributed by atoms with Gasteiger partial charge in [-0.25, -0.2) is 0 Å². The molecular formula is C53H33N. The van der Waals surface area contributed by atoms with E-state index >= 15 is 0 Å². The highest BCUT2D eigenvalue weighted by atomic mass is 15.1. The zero-order chi connectivity index (χ0) is 35.4. The van der Waals surface area contributed by atoms with Gasteiger partial charge in [-0.3, -0.25) is 0 Å². The largest absolute Gasteiger partial charge is 0.309 e. The second-order valence-corrected chi connectivity index (χ2v) is 14.7. The number of rotatable bonds is 3. The summed E-state index contributed by atoms with van der Waals surface area (Å²) in [4.78, 5) is 2.56. The Bertz CT molecular complexity index is 3080. The first kappa shape index (κ1) is 29.6. The van der Waals surface area contributed by atoms with Crippen molar-refractivity contribution < 1.29 is 0 Å². The van der Waals surface area contributed by atoms with Gasteiger partial charge >= 0.3 is 0 Å². The maximum Gasteiger partial charge on any atom is 0.0746 e. The summed E-state index contributed by atoms with van der Waals surface area (Å²) >= 11 is 0. The van der Waals surface area contributed by atoms with Gasteiger partial charge in [0.05, 0.1) is 16.8 Å². The van der Waals surface area contributed by atoms with Crippen LogP contribution < -0.4 is 4.90 Å². The minimum atomic E-state index is -0.488. The molecule has 0 saturated heterocycles. The number of fused-ring (bicyclic) bond motifs is 17. The molecule has 0 unspecified atom stereocenters. The average molecular weight is 684 g/mol. The molecule has 0 aliphatic heterocycles. The van der Waals surface area contributed by atoms with Gasteiger partial charge in [-0.2, -0.15) is 0 Å². The lowest BCUT2D eigenvalue weighted by Crippen LogP contribution is -2.28. The number of anilines is 3. The van der Waals surface area contributed by atoms with Gasteiger partial charge in [0, 0.05) is 16.6 Å². The van der Waals surface area contributed by atoms with Crippen LogP contribution in [0, 0.1) is 0 Å². The van der Waals surface area contributed by atoms with Gasteiger partial charge < -0.3 is 4.90 Å². The monoisotopic (exact) mass is 683 g/mol. The first-order valence-corrected chi connectivity index (χ1v) is 18.9. The summed E-state index contributed by atoms with van der Waals surface area (Å²) in [6.07, 6.45) is 0. The Balaban J connectivity index is 1.24. The third kappa shape index (κ3) is 3.78.